The van der Waals surface area contributed by atoms with Crippen molar-refractivity contribution in [2.75, 3.05) is 26.3 Å². The minimum Gasteiger partial charge on any atom is -0.481 e. The lowest BCUT2D eigenvalue weighted by Crippen LogP contribution is -2.40. The molecule has 0 bridgehead atoms. The van der Waals surface area contributed by atoms with E-state index < -0.39 is 24.2 Å². The van der Waals surface area contributed by atoms with Gasteiger partial charge in [-0.1, -0.05) is 13.8 Å². The number of amides is 1. The number of halogens is 3. The maximum absolute atomic E-state index is 11.9. The molecule has 0 radical (unpaired) electrons. The standard InChI is InChI=1S/C13H20F3NO4/c1-9(2)12(11(19)20)4-5-17(7-12)10(18)3-6-21-8-13(14,15)16/h9H,3-8H2,1-2H3,(H,19,20). The zero-order valence-corrected chi connectivity index (χ0v) is 12.1. The van der Waals surface area contributed by atoms with Gasteiger partial charge in [-0.25, -0.2) is 0 Å². The summed E-state index contributed by atoms with van der Waals surface area (Å²) in [5.41, 5.74) is -0.970. The second kappa shape index (κ2) is 6.64. The molecule has 0 aromatic carbocycles. The molecule has 1 amide bonds. The van der Waals surface area contributed by atoms with Gasteiger partial charge in [0, 0.05) is 13.1 Å². The summed E-state index contributed by atoms with van der Waals surface area (Å²) in [5, 5.41) is 9.35. The molecule has 1 aliphatic heterocycles. The molecule has 1 atom stereocenters. The second-order valence-electron chi connectivity index (χ2n) is 5.60. The zero-order chi connectivity index (χ0) is 16.3. The highest BCUT2D eigenvalue weighted by Gasteiger charge is 2.48. The zero-order valence-electron chi connectivity index (χ0n) is 12.1. The van der Waals surface area contributed by atoms with Crippen LogP contribution in [0.3, 0.4) is 0 Å². The van der Waals surface area contributed by atoms with E-state index in [1.54, 1.807) is 13.8 Å². The van der Waals surface area contributed by atoms with E-state index in [0.29, 0.717) is 13.0 Å². The number of aliphatic carboxylic acids is 1. The van der Waals surface area contributed by atoms with Crippen LogP contribution >= 0.6 is 0 Å². The highest BCUT2D eigenvalue weighted by molar-refractivity contribution is 5.80. The predicted octanol–water partition coefficient (Wildman–Crippen LogP) is 1.91. The maximum atomic E-state index is 11.9. The van der Waals surface area contributed by atoms with Gasteiger partial charge in [-0.15, -0.1) is 0 Å². The van der Waals surface area contributed by atoms with Crippen LogP contribution in [-0.2, 0) is 14.3 Å². The molecular weight excluding hydrogens is 291 g/mol. The molecule has 1 aliphatic rings. The first-order valence-electron chi connectivity index (χ1n) is 6.74. The number of carbonyl (C=O) groups excluding carboxylic acids is 1. The van der Waals surface area contributed by atoms with Crippen LogP contribution in [0.1, 0.15) is 26.7 Å². The van der Waals surface area contributed by atoms with E-state index in [1.165, 1.54) is 4.90 Å². The average Bonchev–Trinajstić information content (AvgIpc) is 2.79. The topological polar surface area (TPSA) is 66.8 Å². The fourth-order valence-corrected chi connectivity index (χ4v) is 2.44. The quantitative estimate of drug-likeness (QED) is 0.761. The SMILES string of the molecule is CC(C)C1(C(=O)O)CCN(C(=O)CCOCC(F)(F)F)C1. The highest BCUT2D eigenvalue weighted by atomic mass is 19.4. The number of carboxylic acids is 1. The average molecular weight is 311 g/mol. The van der Waals surface area contributed by atoms with E-state index in [4.69, 9.17) is 0 Å². The van der Waals surface area contributed by atoms with Crippen LogP contribution in [0.2, 0.25) is 0 Å². The number of carboxylic acid groups (broad SMARTS) is 1. The first-order valence-corrected chi connectivity index (χ1v) is 6.74. The number of nitrogens with zero attached hydrogens (tertiary/aromatic N) is 1. The van der Waals surface area contributed by atoms with Crippen molar-refractivity contribution in [3.8, 4) is 0 Å². The van der Waals surface area contributed by atoms with Crippen LogP contribution in [0.15, 0.2) is 0 Å². The van der Waals surface area contributed by atoms with E-state index in [-0.39, 0.29) is 31.4 Å². The summed E-state index contributed by atoms with van der Waals surface area (Å²) in [6.07, 6.45) is -4.23. The summed E-state index contributed by atoms with van der Waals surface area (Å²) in [6, 6.07) is 0. The molecule has 122 valence electrons. The van der Waals surface area contributed by atoms with Gasteiger partial charge in [0.15, 0.2) is 0 Å². The van der Waals surface area contributed by atoms with E-state index in [2.05, 4.69) is 4.74 Å². The van der Waals surface area contributed by atoms with Gasteiger partial charge in [-0.2, -0.15) is 13.2 Å². The van der Waals surface area contributed by atoms with E-state index in [0.717, 1.165) is 0 Å². The van der Waals surface area contributed by atoms with E-state index in [1.807, 2.05) is 0 Å². The molecule has 21 heavy (non-hydrogen) atoms. The first kappa shape index (κ1) is 17.7. The lowest BCUT2D eigenvalue weighted by molar-refractivity contribution is -0.175. The van der Waals surface area contributed by atoms with Gasteiger partial charge in [0.25, 0.3) is 0 Å². The normalized spacial score (nSPS) is 22.9. The van der Waals surface area contributed by atoms with Crippen LogP contribution in [0.5, 0.6) is 0 Å². The number of carbonyl (C=O) groups is 2. The summed E-state index contributed by atoms with van der Waals surface area (Å²) >= 11 is 0. The number of rotatable bonds is 6. The van der Waals surface area contributed by atoms with Crippen LogP contribution in [0.25, 0.3) is 0 Å². The Hall–Kier alpha value is -1.31. The van der Waals surface area contributed by atoms with Gasteiger partial charge in [0.1, 0.15) is 6.61 Å². The van der Waals surface area contributed by atoms with Crippen LogP contribution < -0.4 is 0 Å². The Morgan fingerprint density at radius 2 is 2.00 bits per heavy atom. The number of hydrogen-bond donors (Lipinski definition) is 1. The lowest BCUT2D eigenvalue weighted by atomic mass is 9.76. The molecule has 0 spiro atoms. The summed E-state index contributed by atoms with van der Waals surface area (Å²) in [6.45, 7) is 2.27. The monoisotopic (exact) mass is 311 g/mol. The smallest absolute Gasteiger partial charge is 0.411 e. The van der Waals surface area contributed by atoms with Gasteiger partial charge in [-0.05, 0) is 12.3 Å². The summed E-state index contributed by atoms with van der Waals surface area (Å²) < 4.78 is 40.0. The molecule has 5 nitrogen and oxygen atoms in total. The maximum Gasteiger partial charge on any atom is 0.411 e. The van der Waals surface area contributed by atoms with Crippen LogP contribution in [-0.4, -0.2) is 54.4 Å². The van der Waals surface area contributed by atoms with E-state index in [9.17, 15) is 27.9 Å². The van der Waals surface area contributed by atoms with Crippen molar-refractivity contribution < 1.29 is 32.6 Å². The molecule has 1 saturated heterocycles. The number of likely N-dealkylation sites (tertiary alicyclic amines) is 1. The van der Waals surface area contributed by atoms with Gasteiger partial charge in [0.2, 0.25) is 5.91 Å². The third kappa shape index (κ3) is 4.59. The molecule has 0 aliphatic carbocycles. The van der Waals surface area contributed by atoms with Crippen molar-refractivity contribution in [3.63, 3.8) is 0 Å². The van der Waals surface area contributed by atoms with Crippen molar-refractivity contribution in [2.24, 2.45) is 11.3 Å². The molecule has 0 saturated carbocycles. The van der Waals surface area contributed by atoms with Gasteiger partial charge in [0.05, 0.1) is 18.4 Å². The fourth-order valence-electron chi connectivity index (χ4n) is 2.44. The summed E-state index contributed by atoms with van der Waals surface area (Å²) in [7, 11) is 0. The van der Waals surface area contributed by atoms with Crippen molar-refractivity contribution in [3.05, 3.63) is 0 Å². The van der Waals surface area contributed by atoms with Crippen molar-refractivity contribution >= 4 is 11.9 Å². The molecule has 0 aromatic heterocycles. The summed E-state index contributed by atoms with van der Waals surface area (Å²) in [5.74, 6) is -1.45. The molecule has 1 rings (SSSR count). The molecule has 1 unspecified atom stereocenters. The largest absolute Gasteiger partial charge is 0.481 e. The first-order chi connectivity index (χ1) is 9.58. The fraction of sp³-hybridized carbons (Fsp3) is 0.846. The molecule has 1 N–H and O–H groups in total. The highest BCUT2D eigenvalue weighted by Crippen LogP contribution is 2.38. The van der Waals surface area contributed by atoms with Crippen molar-refractivity contribution in [2.45, 2.75) is 32.9 Å². The van der Waals surface area contributed by atoms with Crippen LogP contribution in [0.4, 0.5) is 13.2 Å². The van der Waals surface area contributed by atoms with Gasteiger partial charge in [-0.3, -0.25) is 9.59 Å². The number of alkyl halides is 3. The lowest BCUT2D eigenvalue weighted by Gasteiger charge is -2.28. The Morgan fingerprint density at radius 1 is 1.38 bits per heavy atom. The van der Waals surface area contributed by atoms with Gasteiger partial charge >= 0.3 is 12.1 Å². The number of hydrogen-bond acceptors (Lipinski definition) is 3. The third-order valence-electron chi connectivity index (χ3n) is 3.91. The Morgan fingerprint density at radius 3 is 2.43 bits per heavy atom. The van der Waals surface area contributed by atoms with Gasteiger partial charge < -0.3 is 14.7 Å². The Labute approximate surface area is 121 Å². The summed E-state index contributed by atoms with van der Waals surface area (Å²) in [4.78, 5) is 24.7. The Bertz CT molecular complexity index is 397. The molecule has 1 fully saturated rings. The molecular formula is C13H20F3NO4. The second-order valence-corrected chi connectivity index (χ2v) is 5.60. The van der Waals surface area contributed by atoms with E-state index >= 15 is 0 Å². The third-order valence-corrected chi connectivity index (χ3v) is 3.91. The molecule has 8 heteroatoms. The Kier molecular flexibility index (Phi) is 5.61. The van der Waals surface area contributed by atoms with Crippen LogP contribution in [0, 0.1) is 11.3 Å². The number of ether oxygens (including phenoxy) is 1. The minimum atomic E-state index is -4.41. The predicted molar refractivity (Wildman–Crippen MR) is 67.6 cm³/mol. The van der Waals surface area contributed by atoms with Crippen molar-refractivity contribution in [1.29, 1.82) is 0 Å². The molecule has 1 heterocycles. The Balaban J connectivity index is 2.46. The molecule has 0 aromatic rings. The van der Waals surface area contributed by atoms with Crippen molar-refractivity contribution in [1.82, 2.24) is 4.90 Å². The minimum absolute atomic E-state index is 0.0953.